The molecule has 0 bridgehead atoms. The molecule has 0 aliphatic heterocycles. The molecule has 0 radical (unpaired) electrons. The summed E-state index contributed by atoms with van der Waals surface area (Å²) in [5.74, 6) is 1.63. The Morgan fingerprint density at radius 3 is 0.923 bits per heavy atom. The first kappa shape index (κ1) is 49.2. The van der Waals surface area contributed by atoms with E-state index in [-0.39, 0.29) is 0 Å². The highest BCUT2D eigenvalue weighted by Crippen LogP contribution is 2.17. The summed E-state index contributed by atoms with van der Waals surface area (Å²) in [7, 11) is 0. The van der Waals surface area contributed by atoms with Crippen molar-refractivity contribution < 1.29 is 4.57 Å². The van der Waals surface area contributed by atoms with Gasteiger partial charge in [0.25, 0.3) is 5.82 Å². The maximum absolute atomic E-state index is 2.65. The average molecular weight is 728 g/mol. The van der Waals surface area contributed by atoms with Gasteiger partial charge < -0.3 is 0 Å². The van der Waals surface area contributed by atoms with E-state index in [1.54, 1.807) is 5.82 Å². The van der Waals surface area contributed by atoms with E-state index in [9.17, 15) is 0 Å². The second-order valence-corrected chi connectivity index (χ2v) is 17.3. The Kier molecular flexibility index (Phi) is 39.2. The summed E-state index contributed by atoms with van der Waals surface area (Å²) in [5, 5.41) is 0. The van der Waals surface area contributed by atoms with Gasteiger partial charge in [0.1, 0.15) is 12.4 Å². The first-order valence-electron chi connectivity index (χ1n) is 24.9. The highest BCUT2D eigenvalue weighted by Gasteiger charge is 2.16. The largest absolute Gasteiger partial charge is 0.256 e. The number of imidazole rings is 1. The molecule has 52 heavy (non-hydrogen) atoms. The molecule has 1 aromatic heterocycles. The van der Waals surface area contributed by atoms with Gasteiger partial charge in [0, 0.05) is 6.42 Å². The third-order valence-electron chi connectivity index (χ3n) is 12.1. The molecule has 0 unspecified atom stereocenters. The van der Waals surface area contributed by atoms with Crippen molar-refractivity contribution in [3.63, 3.8) is 0 Å². The van der Waals surface area contributed by atoms with Crippen LogP contribution in [0.25, 0.3) is 0 Å². The summed E-state index contributed by atoms with van der Waals surface area (Å²) in [5.41, 5.74) is 0. The number of hydrogen-bond acceptors (Lipinski definition) is 0. The van der Waals surface area contributed by atoms with Crippen molar-refractivity contribution in [2.45, 2.75) is 304 Å². The van der Waals surface area contributed by atoms with Gasteiger partial charge in [-0.15, -0.1) is 0 Å². The molecule has 1 heterocycles. The Bertz CT molecular complexity index is 741. The van der Waals surface area contributed by atoms with Crippen LogP contribution in [0.5, 0.6) is 0 Å². The first-order valence-corrected chi connectivity index (χ1v) is 24.9. The fraction of sp³-hybridized carbons (Fsp3) is 0.940. The summed E-state index contributed by atoms with van der Waals surface area (Å²) in [6.07, 6.45) is 65.3. The first-order chi connectivity index (χ1) is 25.8. The lowest BCUT2D eigenvalue weighted by Crippen LogP contribution is -2.37. The van der Waals surface area contributed by atoms with Crippen LogP contribution >= 0.6 is 0 Å². The van der Waals surface area contributed by atoms with Crippen LogP contribution in [0.3, 0.4) is 0 Å². The van der Waals surface area contributed by atoms with E-state index in [1.165, 1.54) is 283 Å². The second kappa shape index (κ2) is 41.4. The maximum atomic E-state index is 2.65. The molecular formula is C50H99N2+. The van der Waals surface area contributed by atoms with Crippen molar-refractivity contribution in [3.8, 4) is 0 Å². The molecule has 308 valence electrons. The fourth-order valence-electron chi connectivity index (χ4n) is 8.45. The molecular weight excluding hydrogens is 629 g/mol. The summed E-state index contributed by atoms with van der Waals surface area (Å²) >= 11 is 0. The molecule has 1 aromatic rings. The summed E-state index contributed by atoms with van der Waals surface area (Å²) < 4.78 is 5.30. The zero-order valence-electron chi connectivity index (χ0n) is 36.7. The quantitative estimate of drug-likeness (QED) is 0.0467. The van der Waals surface area contributed by atoms with Crippen molar-refractivity contribution in [1.82, 2.24) is 4.57 Å². The van der Waals surface area contributed by atoms with Crippen molar-refractivity contribution in [2.24, 2.45) is 0 Å². The van der Waals surface area contributed by atoms with Gasteiger partial charge in [0.05, 0.1) is 13.1 Å². The van der Waals surface area contributed by atoms with Gasteiger partial charge in [-0.3, -0.25) is 0 Å². The molecule has 0 aromatic carbocycles. The van der Waals surface area contributed by atoms with E-state index in [2.05, 4.69) is 42.3 Å². The predicted molar refractivity (Wildman–Crippen MR) is 235 cm³/mol. The van der Waals surface area contributed by atoms with E-state index in [0.29, 0.717) is 0 Å². The van der Waals surface area contributed by atoms with E-state index >= 15 is 0 Å². The van der Waals surface area contributed by atoms with E-state index in [0.717, 1.165) is 0 Å². The number of rotatable bonds is 44. The topological polar surface area (TPSA) is 8.81 Å². The summed E-state index contributed by atoms with van der Waals surface area (Å²) in [6, 6.07) is 0. The molecule has 0 aliphatic carbocycles. The summed E-state index contributed by atoms with van der Waals surface area (Å²) in [4.78, 5) is 0. The van der Waals surface area contributed by atoms with Crippen molar-refractivity contribution in [1.29, 1.82) is 0 Å². The minimum atomic E-state index is 1.23. The van der Waals surface area contributed by atoms with Gasteiger partial charge in [0.15, 0.2) is 0 Å². The van der Waals surface area contributed by atoms with Gasteiger partial charge in [-0.1, -0.05) is 252 Å². The Morgan fingerprint density at radius 1 is 0.327 bits per heavy atom. The third-order valence-corrected chi connectivity index (χ3v) is 12.1. The lowest BCUT2D eigenvalue weighted by Gasteiger charge is -2.07. The highest BCUT2D eigenvalue weighted by atomic mass is 15.1. The van der Waals surface area contributed by atoms with E-state index in [4.69, 9.17) is 0 Å². The van der Waals surface area contributed by atoms with Crippen LogP contribution in [0.2, 0.25) is 0 Å². The van der Waals surface area contributed by atoms with Crippen LogP contribution in [-0.2, 0) is 19.5 Å². The van der Waals surface area contributed by atoms with Gasteiger partial charge in [0.2, 0.25) is 0 Å². The number of unbranched alkanes of at least 4 members (excludes halogenated alkanes) is 38. The number of hydrogen-bond donors (Lipinski definition) is 0. The molecule has 0 amide bonds. The molecule has 0 saturated heterocycles. The fourth-order valence-corrected chi connectivity index (χ4v) is 8.45. The van der Waals surface area contributed by atoms with Gasteiger partial charge >= 0.3 is 0 Å². The van der Waals surface area contributed by atoms with Gasteiger partial charge in [-0.2, -0.15) is 0 Å². The Labute approximate surface area is 329 Å². The Morgan fingerprint density at radius 2 is 0.596 bits per heavy atom. The molecule has 2 heteroatoms. The molecule has 2 nitrogen and oxygen atoms in total. The van der Waals surface area contributed by atoms with Crippen molar-refractivity contribution in [2.75, 3.05) is 0 Å². The van der Waals surface area contributed by atoms with Crippen LogP contribution in [0.15, 0.2) is 12.4 Å². The zero-order valence-corrected chi connectivity index (χ0v) is 36.7. The maximum Gasteiger partial charge on any atom is 0.256 e. The molecule has 0 spiro atoms. The normalized spacial score (nSPS) is 11.7. The van der Waals surface area contributed by atoms with Gasteiger partial charge in [-0.05, 0) is 32.1 Å². The zero-order chi connectivity index (χ0) is 37.3. The van der Waals surface area contributed by atoms with Crippen molar-refractivity contribution in [3.05, 3.63) is 18.2 Å². The minimum Gasteiger partial charge on any atom is -0.234 e. The molecule has 0 saturated carbocycles. The second-order valence-electron chi connectivity index (χ2n) is 17.3. The number of aromatic nitrogens is 2. The van der Waals surface area contributed by atoms with Crippen LogP contribution in [-0.4, -0.2) is 4.57 Å². The molecule has 0 atom stereocenters. The summed E-state index contributed by atoms with van der Waals surface area (Å²) in [6.45, 7) is 9.42. The lowest BCUT2D eigenvalue weighted by molar-refractivity contribution is -0.704. The molecule has 0 fully saturated rings. The Hall–Kier alpha value is -0.790. The number of aryl methyl sites for hydroxylation is 2. The molecule has 1 rings (SSSR count). The van der Waals surface area contributed by atoms with Crippen LogP contribution in [0.1, 0.15) is 290 Å². The smallest absolute Gasteiger partial charge is 0.234 e. The lowest BCUT2D eigenvalue weighted by atomic mass is 10.0. The number of nitrogens with zero attached hydrogens (tertiary/aromatic N) is 2. The molecule has 0 N–H and O–H groups in total. The predicted octanol–water partition coefficient (Wildman–Crippen LogP) is 17.4. The Balaban J connectivity index is 2.15. The third kappa shape index (κ3) is 32.6. The van der Waals surface area contributed by atoms with Crippen LogP contribution in [0, 0.1) is 0 Å². The minimum absolute atomic E-state index is 1.23. The van der Waals surface area contributed by atoms with Crippen LogP contribution < -0.4 is 4.57 Å². The SMILES string of the molecule is CCCCCCCCCCCCCCCCCCCn1cc[n+](CCCCCCCCCCCCCCCCCCC)c1CCCCCCCCC. The van der Waals surface area contributed by atoms with Crippen LogP contribution in [0.4, 0.5) is 0 Å². The van der Waals surface area contributed by atoms with Gasteiger partial charge in [-0.25, -0.2) is 9.13 Å². The standard InChI is InChI=1S/C50H99N2/c1-4-7-10-13-16-18-20-22-24-26-28-30-32-34-37-40-43-46-51-48-49-52(50(51)45-42-39-36-15-12-9-6-3)47-44-41-38-35-33-31-29-27-25-23-21-19-17-14-11-8-5-2/h48-49H,4-47H2,1-3H3/q+1. The van der Waals surface area contributed by atoms with Crippen molar-refractivity contribution >= 4 is 0 Å². The van der Waals surface area contributed by atoms with E-state index in [1.807, 2.05) is 0 Å². The van der Waals surface area contributed by atoms with E-state index < -0.39 is 0 Å². The molecule has 0 aliphatic rings. The monoisotopic (exact) mass is 728 g/mol. The average Bonchev–Trinajstić information content (AvgIpc) is 3.54. The highest BCUT2D eigenvalue weighted by molar-refractivity contribution is 4.84.